The standard InChI is InChI=1S/C18H22N4O3/c1-14-11-19-22(12-14)16-3-5-17(6-4-16)25-13-18(24)21-9-7-20(8-10-21)15(2)23/h3-6,11-12H,7-10,13H2,1-2H3. The van der Waals surface area contributed by atoms with E-state index in [0.717, 1.165) is 11.3 Å². The van der Waals surface area contributed by atoms with Gasteiger partial charge in [0.15, 0.2) is 6.61 Å². The van der Waals surface area contributed by atoms with Gasteiger partial charge >= 0.3 is 0 Å². The van der Waals surface area contributed by atoms with Gasteiger partial charge in [-0.05, 0) is 36.8 Å². The second kappa shape index (κ2) is 7.38. The molecule has 0 N–H and O–H groups in total. The quantitative estimate of drug-likeness (QED) is 0.839. The van der Waals surface area contributed by atoms with Crippen LogP contribution in [0.2, 0.25) is 0 Å². The molecule has 1 aromatic heterocycles. The van der Waals surface area contributed by atoms with Crippen LogP contribution in [-0.2, 0) is 9.59 Å². The Bertz CT molecular complexity index is 746. The van der Waals surface area contributed by atoms with Crippen LogP contribution in [0.25, 0.3) is 5.69 Å². The molecule has 3 rings (SSSR count). The molecule has 0 spiro atoms. The second-order valence-electron chi connectivity index (χ2n) is 6.13. The van der Waals surface area contributed by atoms with E-state index in [1.807, 2.05) is 37.4 Å². The first-order valence-electron chi connectivity index (χ1n) is 8.31. The summed E-state index contributed by atoms with van der Waals surface area (Å²) in [6, 6.07) is 7.45. The van der Waals surface area contributed by atoms with Gasteiger partial charge in [0.05, 0.1) is 11.9 Å². The number of benzene rings is 1. The molecule has 0 aliphatic carbocycles. The lowest BCUT2D eigenvalue weighted by Gasteiger charge is -2.34. The molecule has 1 aliphatic rings. The van der Waals surface area contributed by atoms with Crippen molar-refractivity contribution >= 4 is 11.8 Å². The van der Waals surface area contributed by atoms with Gasteiger partial charge in [-0.2, -0.15) is 5.10 Å². The summed E-state index contributed by atoms with van der Waals surface area (Å²) in [6.45, 7) is 5.81. The molecular formula is C18H22N4O3. The van der Waals surface area contributed by atoms with Gasteiger partial charge in [0, 0.05) is 39.3 Å². The van der Waals surface area contributed by atoms with E-state index in [0.29, 0.717) is 31.9 Å². The molecule has 0 radical (unpaired) electrons. The third kappa shape index (κ3) is 4.17. The van der Waals surface area contributed by atoms with Crippen molar-refractivity contribution in [2.45, 2.75) is 13.8 Å². The molecule has 0 unspecified atom stereocenters. The van der Waals surface area contributed by atoms with E-state index in [4.69, 9.17) is 4.74 Å². The molecule has 1 aromatic carbocycles. The minimum atomic E-state index is -0.0602. The second-order valence-corrected chi connectivity index (χ2v) is 6.13. The normalized spacial score (nSPS) is 14.5. The summed E-state index contributed by atoms with van der Waals surface area (Å²) in [4.78, 5) is 27.0. The Morgan fingerprint density at radius 3 is 2.28 bits per heavy atom. The Morgan fingerprint density at radius 1 is 1.08 bits per heavy atom. The molecule has 0 bridgehead atoms. The lowest BCUT2D eigenvalue weighted by atomic mass is 10.3. The maximum Gasteiger partial charge on any atom is 0.260 e. The predicted molar refractivity (Wildman–Crippen MR) is 92.6 cm³/mol. The van der Waals surface area contributed by atoms with Crippen molar-refractivity contribution in [3.63, 3.8) is 0 Å². The molecule has 1 fully saturated rings. The first kappa shape index (κ1) is 17.0. The molecule has 0 saturated carbocycles. The smallest absolute Gasteiger partial charge is 0.260 e. The fourth-order valence-electron chi connectivity index (χ4n) is 2.76. The fraction of sp³-hybridized carbons (Fsp3) is 0.389. The van der Waals surface area contributed by atoms with Gasteiger partial charge in [0.1, 0.15) is 5.75 Å². The van der Waals surface area contributed by atoms with Gasteiger partial charge in [-0.3, -0.25) is 9.59 Å². The zero-order valence-electron chi connectivity index (χ0n) is 14.5. The van der Waals surface area contributed by atoms with E-state index in [-0.39, 0.29) is 18.4 Å². The highest BCUT2D eigenvalue weighted by molar-refractivity contribution is 5.78. The van der Waals surface area contributed by atoms with Crippen LogP contribution in [0.3, 0.4) is 0 Å². The summed E-state index contributed by atoms with van der Waals surface area (Å²) < 4.78 is 7.38. The Hall–Kier alpha value is -2.83. The van der Waals surface area contributed by atoms with E-state index in [9.17, 15) is 9.59 Å². The van der Waals surface area contributed by atoms with Crippen molar-refractivity contribution in [2.24, 2.45) is 0 Å². The van der Waals surface area contributed by atoms with Gasteiger partial charge in [0.25, 0.3) is 5.91 Å². The van der Waals surface area contributed by atoms with Crippen molar-refractivity contribution in [3.8, 4) is 11.4 Å². The molecule has 0 atom stereocenters. The molecule has 1 saturated heterocycles. The third-order valence-electron chi connectivity index (χ3n) is 4.25. The van der Waals surface area contributed by atoms with Crippen molar-refractivity contribution in [1.29, 1.82) is 0 Å². The average Bonchev–Trinajstić information content (AvgIpc) is 3.06. The number of aromatic nitrogens is 2. The average molecular weight is 342 g/mol. The number of rotatable bonds is 4. The molecule has 25 heavy (non-hydrogen) atoms. The van der Waals surface area contributed by atoms with Crippen LogP contribution in [0.1, 0.15) is 12.5 Å². The Balaban J connectivity index is 1.50. The number of hydrogen-bond acceptors (Lipinski definition) is 4. The Kier molecular flexibility index (Phi) is 5.02. The minimum absolute atomic E-state index is 0.000294. The lowest BCUT2D eigenvalue weighted by molar-refractivity contribution is -0.139. The SMILES string of the molecule is CC(=O)N1CCN(C(=O)COc2ccc(-n3cc(C)cn3)cc2)CC1. The zero-order valence-corrected chi connectivity index (χ0v) is 14.5. The largest absolute Gasteiger partial charge is 0.484 e. The van der Waals surface area contributed by atoms with Crippen LogP contribution in [-0.4, -0.2) is 64.2 Å². The van der Waals surface area contributed by atoms with Gasteiger partial charge in [-0.15, -0.1) is 0 Å². The Labute approximate surface area is 146 Å². The molecule has 7 nitrogen and oxygen atoms in total. The first-order chi connectivity index (χ1) is 12.0. The number of amides is 2. The van der Waals surface area contributed by atoms with E-state index in [2.05, 4.69) is 5.10 Å². The van der Waals surface area contributed by atoms with Crippen molar-refractivity contribution in [1.82, 2.24) is 19.6 Å². The summed E-state index contributed by atoms with van der Waals surface area (Å²) in [5, 5.41) is 4.26. The van der Waals surface area contributed by atoms with Crippen molar-refractivity contribution in [3.05, 3.63) is 42.2 Å². The maximum atomic E-state index is 12.2. The van der Waals surface area contributed by atoms with Crippen LogP contribution in [0.4, 0.5) is 0 Å². The highest BCUT2D eigenvalue weighted by Gasteiger charge is 2.22. The number of hydrogen-bond donors (Lipinski definition) is 0. The van der Waals surface area contributed by atoms with Crippen LogP contribution in [0.15, 0.2) is 36.7 Å². The minimum Gasteiger partial charge on any atom is -0.484 e. The zero-order chi connectivity index (χ0) is 17.8. The molecule has 2 amide bonds. The summed E-state index contributed by atoms with van der Waals surface area (Å²) in [5.41, 5.74) is 2.03. The first-order valence-corrected chi connectivity index (χ1v) is 8.31. The van der Waals surface area contributed by atoms with Crippen LogP contribution < -0.4 is 4.74 Å². The topological polar surface area (TPSA) is 67.7 Å². The highest BCUT2D eigenvalue weighted by atomic mass is 16.5. The summed E-state index contributed by atoms with van der Waals surface area (Å²) in [7, 11) is 0. The van der Waals surface area contributed by atoms with Crippen LogP contribution in [0, 0.1) is 6.92 Å². The molecule has 2 heterocycles. The fourth-order valence-corrected chi connectivity index (χ4v) is 2.76. The van der Waals surface area contributed by atoms with Crippen molar-refractivity contribution in [2.75, 3.05) is 32.8 Å². The maximum absolute atomic E-state index is 12.2. The van der Waals surface area contributed by atoms with E-state index >= 15 is 0 Å². The Morgan fingerprint density at radius 2 is 1.72 bits per heavy atom. The molecule has 132 valence electrons. The highest BCUT2D eigenvalue weighted by Crippen LogP contribution is 2.15. The number of carbonyl (C=O) groups is 2. The van der Waals surface area contributed by atoms with Crippen LogP contribution >= 0.6 is 0 Å². The monoisotopic (exact) mass is 342 g/mol. The predicted octanol–water partition coefficient (Wildman–Crippen LogP) is 1.25. The molecule has 1 aliphatic heterocycles. The van der Waals surface area contributed by atoms with Crippen LogP contribution in [0.5, 0.6) is 5.75 Å². The van der Waals surface area contributed by atoms with E-state index in [1.54, 1.807) is 27.6 Å². The summed E-state index contributed by atoms with van der Waals surface area (Å²) in [5.74, 6) is 0.633. The van der Waals surface area contributed by atoms with Gasteiger partial charge < -0.3 is 14.5 Å². The van der Waals surface area contributed by atoms with E-state index in [1.165, 1.54) is 0 Å². The number of nitrogens with zero attached hydrogens (tertiary/aromatic N) is 4. The molecule has 7 heteroatoms. The number of carbonyl (C=O) groups excluding carboxylic acids is 2. The number of ether oxygens (including phenoxy) is 1. The van der Waals surface area contributed by atoms with Gasteiger partial charge in [0.2, 0.25) is 5.91 Å². The third-order valence-corrected chi connectivity index (χ3v) is 4.25. The number of aryl methyl sites for hydroxylation is 1. The number of piperazine rings is 1. The van der Waals surface area contributed by atoms with E-state index < -0.39 is 0 Å². The van der Waals surface area contributed by atoms with Crippen molar-refractivity contribution < 1.29 is 14.3 Å². The summed E-state index contributed by atoms with van der Waals surface area (Å²) >= 11 is 0. The molecule has 2 aromatic rings. The van der Waals surface area contributed by atoms with Gasteiger partial charge in [-0.1, -0.05) is 0 Å². The molecular weight excluding hydrogens is 320 g/mol. The van der Waals surface area contributed by atoms with Gasteiger partial charge in [-0.25, -0.2) is 4.68 Å². The lowest BCUT2D eigenvalue weighted by Crippen LogP contribution is -2.51. The summed E-state index contributed by atoms with van der Waals surface area (Å²) in [6.07, 6.45) is 3.75.